The number of amides is 1. The second-order valence-electron chi connectivity index (χ2n) is 8.76. The molecule has 0 heterocycles. The summed E-state index contributed by atoms with van der Waals surface area (Å²) in [4.78, 5) is 46.4. The molecule has 1 amide bonds. The summed E-state index contributed by atoms with van der Waals surface area (Å²) in [6.07, 6.45) is 29.1. The molecule has 7 nitrogen and oxygen atoms in total. The van der Waals surface area contributed by atoms with Gasteiger partial charge in [-0.05, 0) is 57.3 Å². The molecule has 0 unspecified atom stereocenters. The summed E-state index contributed by atoms with van der Waals surface area (Å²) in [7, 11) is 0. The summed E-state index contributed by atoms with van der Waals surface area (Å²) >= 11 is 0. The van der Waals surface area contributed by atoms with E-state index in [2.05, 4.69) is 65.6 Å². The molecule has 0 aromatic heterocycles. The van der Waals surface area contributed by atoms with Gasteiger partial charge in [0.1, 0.15) is 6.04 Å². The Hall–Kier alpha value is -3.48. The maximum Gasteiger partial charge on any atom is 0.338 e. The van der Waals surface area contributed by atoms with Crippen LogP contribution in [0.2, 0.25) is 0 Å². The molecule has 0 fully saturated rings. The molecule has 0 bridgehead atoms. The van der Waals surface area contributed by atoms with Crippen LogP contribution in [0.1, 0.15) is 78.6 Å². The van der Waals surface area contributed by atoms with Crippen molar-refractivity contribution in [3.8, 4) is 0 Å². The van der Waals surface area contributed by atoms with Crippen LogP contribution in [0.15, 0.2) is 72.9 Å². The minimum absolute atomic E-state index is 0.0718. The Morgan fingerprint density at radius 2 is 1.30 bits per heavy atom. The molecule has 0 spiro atoms. The van der Waals surface area contributed by atoms with Gasteiger partial charge < -0.3 is 15.2 Å². The number of carbonyl (C=O) groups is 4. The zero-order chi connectivity index (χ0) is 27.7. The molecular formula is C30H43NO6. The van der Waals surface area contributed by atoms with Crippen LogP contribution in [0.5, 0.6) is 0 Å². The normalized spacial score (nSPS) is 13.2. The Kier molecular flexibility index (Phi) is 20.8. The standard InChI is InChI=1S/C30H43NO6/c1-4-5-6-7-8-9-10-11-12-13-14-15-16-17-18-19-20-21-28(33)37-29(34)23-22-27(32)31-26(30(35)36)24-25(2)3/h5-6,8-9,11-12,14-15,17-18,22-23,25-26H,4,7,10,13,16,19-21,24H2,1-3H3,(H,31,32)(H,35,36)/b6-5-,9-8-,12-11-,15-14-,18-17-,23-22+/t26-/m0/s1. The van der Waals surface area contributed by atoms with Crippen molar-refractivity contribution in [2.45, 2.75) is 84.6 Å². The smallest absolute Gasteiger partial charge is 0.338 e. The first kappa shape index (κ1) is 33.5. The van der Waals surface area contributed by atoms with Crippen LogP contribution in [-0.2, 0) is 23.9 Å². The number of nitrogens with one attached hydrogen (secondary N) is 1. The fraction of sp³-hybridized carbons (Fsp3) is 0.467. The van der Waals surface area contributed by atoms with Gasteiger partial charge in [0.2, 0.25) is 5.91 Å². The summed E-state index contributed by atoms with van der Waals surface area (Å²) in [5, 5.41) is 11.4. The minimum Gasteiger partial charge on any atom is -0.480 e. The Morgan fingerprint density at radius 1 is 0.784 bits per heavy atom. The molecular weight excluding hydrogens is 470 g/mol. The van der Waals surface area contributed by atoms with Gasteiger partial charge in [0, 0.05) is 18.6 Å². The van der Waals surface area contributed by atoms with Gasteiger partial charge in [-0.1, -0.05) is 81.5 Å². The number of carboxylic acid groups (broad SMARTS) is 1. The summed E-state index contributed by atoms with van der Waals surface area (Å²) in [5.74, 6) is -3.46. The van der Waals surface area contributed by atoms with Crippen LogP contribution in [0, 0.1) is 5.92 Å². The minimum atomic E-state index is -1.15. The second kappa shape index (κ2) is 23.0. The molecule has 0 aliphatic carbocycles. The van der Waals surface area contributed by atoms with Crippen LogP contribution in [0.4, 0.5) is 0 Å². The van der Waals surface area contributed by atoms with Crippen molar-refractivity contribution < 1.29 is 29.0 Å². The number of hydrogen-bond donors (Lipinski definition) is 2. The first-order valence-electron chi connectivity index (χ1n) is 13.0. The van der Waals surface area contributed by atoms with Crippen molar-refractivity contribution in [1.82, 2.24) is 5.32 Å². The average molecular weight is 514 g/mol. The molecule has 0 saturated carbocycles. The highest BCUT2D eigenvalue weighted by molar-refractivity contribution is 5.99. The van der Waals surface area contributed by atoms with E-state index in [9.17, 15) is 19.2 Å². The lowest BCUT2D eigenvalue weighted by Crippen LogP contribution is -2.40. The van der Waals surface area contributed by atoms with Gasteiger partial charge >= 0.3 is 17.9 Å². The number of ether oxygens (including phenoxy) is 1. The van der Waals surface area contributed by atoms with Crippen molar-refractivity contribution >= 4 is 23.8 Å². The third-order valence-electron chi connectivity index (χ3n) is 4.82. The topological polar surface area (TPSA) is 110 Å². The molecule has 0 aliphatic heterocycles. The largest absolute Gasteiger partial charge is 0.480 e. The van der Waals surface area contributed by atoms with Gasteiger partial charge in [-0.3, -0.25) is 9.59 Å². The zero-order valence-electron chi connectivity index (χ0n) is 22.4. The second-order valence-corrected chi connectivity index (χ2v) is 8.76. The van der Waals surface area contributed by atoms with Crippen LogP contribution in [-0.4, -0.2) is 35.0 Å². The number of allylic oxidation sites excluding steroid dienone is 10. The van der Waals surface area contributed by atoms with Crippen molar-refractivity contribution in [3.05, 3.63) is 72.9 Å². The van der Waals surface area contributed by atoms with Crippen molar-refractivity contribution in [3.63, 3.8) is 0 Å². The molecule has 0 aromatic carbocycles. The number of unbranched alkanes of at least 4 members (excludes halogenated alkanes) is 1. The molecule has 0 radical (unpaired) electrons. The van der Waals surface area contributed by atoms with Gasteiger partial charge in [0.25, 0.3) is 0 Å². The van der Waals surface area contributed by atoms with Crippen molar-refractivity contribution in [2.24, 2.45) is 5.92 Å². The number of esters is 2. The number of aliphatic carboxylic acids is 1. The molecule has 204 valence electrons. The van der Waals surface area contributed by atoms with E-state index in [-0.39, 0.29) is 18.8 Å². The van der Waals surface area contributed by atoms with E-state index in [0.29, 0.717) is 12.8 Å². The van der Waals surface area contributed by atoms with E-state index in [4.69, 9.17) is 5.11 Å². The fourth-order valence-electron chi connectivity index (χ4n) is 2.99. The highest BCUT2D eigenvalue weighted by Crippen LogP contribution is 2.05. The Morgan fingerprint density at radius 3 is 1.78 bits per heavy atom. The molecule has 0 rings (SSSR count). The van der Waals surface area contributed by atoms with E-state index in [1.807, 2.05) is 26.0 Å². The molecule has 0 saturated heterocycles. The predicted octanol–water partition coefficient (Wildman–Crippen LogP) is 6.15. The summed E-state index contributed by atoms with van der Waals surface area (Å²) in [6.45, 7) is 5.80. The van der Waals surface area contributed by atoms with E-state index in [1.54, 1.807) is 0 Å². The van der Waals surface area contributed by atoms with Crippen LogP contribution in [0.3, 0.4) is 0 Å². The lowest BCUT2D eigenvalue weighted by molar-refractivity contribution is -0.156. The highest BCUT2D eigenvalue weighted by Gasteiger charge is 2.20. The summed E-state index contributed by atoms with van der Waals surface area (Å²) in [6, 6.07) is -1.05. The molecule has 37 heavy (non-hydrogen) atoms. The van der Waals surface area contributed by atoms with Gasteiger partial charge in [0.05, 0.1) is 0 Å². The predicted molar refractivity (Wildman–Crippen MR) is 148 cm³/mol. The number of hydrogen-bond acceptors (Lipinski definition) is 5. The molecule has 0 aromatic rings. The number of carbonyl (C=O) groups excluding carboxylic acids is 3. The Labute approximate surface area is 221 Å². The van der Waals surface area contributed by atoms with Crippen LogP contribution >= 0.6 is 0 Å². The van der Waals surface area contributed by atoms with E-state index in [0.717, 1.165) is 44.3 Å². The van der Waals surface area contributed by atoms with Gasteiger partial charge in [-0.25, -0.2) is 9.59 Å². The molecule has 1 atom stereocenters. The first-order valence-corrected chi connectivity index (χ1v) is 13.0. The summed E-state index contributed by atoms with van der Waals surface area (Å²) in [5.41, 5.74) is 0. The quantitative estimate of drug-likeness (QED) is 0.0705. The van der Waals surface area contributed by atoms with Crippen LogP contribution < -0.4 is 5.32 Å². The lowest BCUT2D eigenvalue weighted by Gasteiger charge is -2.15. The highest BCUT2D eigenvalue weighted by atomic mass is 16.6. The van der Waals surface area contributed by atoms with Gasteiger partial charge in [0.15, 0.2) is 0 Å². The lowest BCUT2D eigenvalue weighted by atomic mass is 10.0. The number of carboxylic acids is 1. The Balaban J connectivity index is 3.98. The summed E-state index contributed by atoms with van der Waals surface area (Å²) < 4.78 is 4.64. The Bertz CT molecular complexity index is 861. The average Bonchev–Trinajstić information content (AvgIpc) is 2.84. The van der Waals surface area contributed by atoms with E-state index >= 15 is 0 Å². The molecule has 7 heteroatoms. The number of rotatable bonds is 19. The van der Waals surface area contributed by atoms with E-state index < -0.39 is 29.9 Å². The van der Waals surface area contributed by atoms with Crippen molar-refractivity contribution in [2.75, 3.05) is 0 Å². The SMILES string of the molecule is CC/C=C\C/C=C\C/C=C\C/C=C\C/C=C\CCCC(=O)OC(=O)/C=C/C(=O)N[C@@H](CC(C)C)C(=O)O. The first-order chi connectivity index (χ1) is 17.8. The maximum absolute atomic E-state index is 11.8. The fourth-order valence-corrected chi connectivity index (χ4v) is 2.99. The van der Waals surface area contributed by atoms with E-state index in [1.165, 1.54) is 0 Å². The molecule has 2 N–H and O–H groups in total. The van der Waals surface area contributed by atoms with Crippen molar-refractivity contribution in [1.29, 1.82) is 0 Å². The van der Waals surface area contributed by atoms with Gasteiger partial charge in [-0.15, -0.1) is 0 Å². The molecule has 0 aliphatic rings. The van der Waals surface area contributed by atoms with Crippen LogP contribution in [0.25, 0.3) is 0 Å². The monoisotopic (exact) mass is 513 g/mol. The third kappa shape index (κ3) is 22.7. The van der Waals surface area contributed by atoms with Gasteiger partial charge in [-0.2, -0.15) is 0 Å². The third-order valence-corrected chi connectivity index (χ3v) is 4.82. The zero-order valence-corrected chi connectivity index (χ0v) is 22.4. The maximum atomic E-state index is 11.8.